The van der Waals surface area contributed by atoms with Gasteiger partial charge in [-0.25, -0.2) is 9.78 Å². The van der Waals surface area contributed by atoms with Gasteiger partial charge in [-0.2, -0.15) is 0 Å². The van der Waals surface area contributed by atoms with Gasteiger partial charge in [-0.05, 0) is 42.8 Å². The van der Waals surface area contributed by atoms with Crippen molar-refractivity contribution in [1.29, 1.82) is 0 Å². The van der Waals surface area contributed by atoms with Gasteiger partial charge in [0, 0.05) is 25.1 Å². The first-order chi connectivity index (χ1) is 15.3. The number of phenolic OH excluding ortho intramolecular Hbond substituents is 1. The highest BCUT2D eigenvalue weighted by Gasteiger charge is 2.37. The number of carbonyl (C=O) groups excluding carboxylic acids is 3. The van der Waals surface area contributed by atoms with Crippen molar-refractivity contribution >= 4 is 45.0 Å². The van der Waals surface area contributed by atoms with Gasteiger partial charge in [-0.3, -0.25) is 9.59 Å². The lowest BCUT2D eigenvalue weighted by molar-refractivity contribution is -0.145. The maximum absolute atomic E-state index is 12.9. The number of benzene rings is 2. The first kappa shape index (κ1) is 21.8. The number of thiazole rings is 1. The fourth-order valence-corrected chi connectivity index (χ4v) is 4.63. The Bertz CT molecular complexity index is 1170. The van der Waals surface area contributed by atoms with Crippen LogP contribution in [0.25, 0.3) is 10.2 Å². The summed E-state index contributed by atoms with van der Waals surface area (Å²) in [7, 11) is 1.26. The monoisotopic (exact) mass is 453 g/mol. The number of nitrogens with zero attached hydrogens (tertiary/aromatic N) is 2. The smallest absolute Gasteiger partial charge is 0.328 e. The van der Waals surface area contributed by atoms with E-state index < -0.39 is 17.9 Å². The molecule has 166 valence electrons. The summed E-state index contributed by atoms with van der Waals surface area (Å²) in [5, 5.41) is 13.1. The highest BCUT2D eigenvalue weighted by atomic mass is 32.1. The summed E-state index contributed by atoms with van der Waals surface area (Å²) in [6, 6.07) is 11.1. The SMILES string of the molecule is COC(=O)C(Cc1ccc(O)cc1)NC(=O)C1CC(=O)N(c2ccc3sc(C)nc3c2)C1. The second-order valence-electron chi connectivity index (χ2n) is 7.75. The fraction of sp³-hybridized carbons (Fsp3) is 0.304. The van der Waals surface area contributed by atoms with E-state index >= 15 is 0 Å². The summed E-state index contributed by atoms with van der Waals surface area (Å²) in [5.41, 5.74) is 2.29. The van der Waals surface area contributed by atoms with Crippen molar-refractivity contribution in [3.8, 4) is 5.75 Å². The van der Waals surface area contributed by atoms with Crippen LogP contribution in [0.1, 0.15) is 17.0 Å². The number of aromatic nitrogens is 1. The maximum atomic E-state index is 12.9. The number of hydrogen-bond donors (Lipinski definition) is 2. The number of anilines is 1. The van der Waals surface area contributed by atoms with Crippen molar-refractivity contribution in [3.05, 3.63) is 53.0 Å². The molecule has 9 heteroatoms. The summed E-state index contributed by atoms with van der Waals surface area (Å²) in [6.45, 7) is 2.16. The summed E-state index contributed by atoms with van der Waals surface area (Å²) in [4.78, 5) is 43.9. The van der Waals surface area contributed by atoms with E-state index in [0.29, 0.717) is 5.69 Å². The van der Waals surface area contributed by atoms with Crippen molar-refractivity contribution < 1.29 is 24.2 Å². The third-order valence-corrected chi connectivity index (χ3v) is 6.42. The van der Waals surface area contributed by atoms with E-state index in [1.807, 2.05) is 25.1 Å². The average molecular weight is 454 g/mol. The van der Waals surface area contributed by atoms with Crippen LogP contribution in [0.2, 0.25) is 0 Å². The van der Waals surface area contributed by atoms with Crippen LogP contribution in [0.4, 0.5) is 5.69 Å². The molecule has 32 heavy (non-hydrogen) atoms. The maximum Gasteiger partial charge on any atom is 0.328 e. The summed E-state index contributed by atoms with van der Waals surface area (Å²) < 4.78 is 5.88. The van der Waals surface area contributed by atoms with Crippen LogP contribution in [0.5, 0.6) is 5.75 Å². The molecule has 1 aliphatic rings. The molecular formula is C23H23N3O5S. The van der Waals surface area contributed by atoms with E-state index in [0.717, 1.165) is 20.8 Å². The molecule has 4 rings (SSSR count). The average Bonchev–Trinajstić information content (AvgIpc) is 3.35. The fourth-order valence-electron chi connectivity index (χ4n) is 3.82. The molecule has 0 aliphatic carbocycles. The van der Waals surface area contributed by atoms with Crippen LogP contribution in [-0.4, -0.2) is 47.6 Å². The molecule has 2 unspecified atom stereocenters. The Morgan fingerprint density at radius 1 is 1.28 bits per heavy atom. The number of methoxy groups -OCH3 is 1. The molecule has 1 fully saturated rings. The van der Waals surface area contributed by atoms with Gasteiger partial charge >= 0.3 is 5.97 Å². The first-order valence-electron chi connectivity index (χ1n) is 10.2. The second kappa shape index (κ2) is 8.96. The predicted molar refractivity (Wildman–Crippen MR) is 121 cm³/mol. The predicted octanol–water partition coefficient (Wildman–Crippen LogP) is 2.56. The van der Waals surface area contributed by atoms with Crippen molar-refractivity contribution in [2.75, 3.05) is 18.6 Å². The van der Waals surface area contributed by atoms with Gasteiger partial charge in [0.05, 0.1) is 28.3 Å². The molecule has 1 saturated heterocycles. The van der Waals surface area contributed by atoms with E-state index in [9.17, 15) is 19.5 Å². The molecule has 0 radical (unpaired) electrons. The number of ether oxygens (including phenoxy) is 1. The van der Waals surface area contributed by atoms with Gasteiger partial charge in [-0.1, -0.05) is 12.1 Å². The number of carbonyl (C=O) groups is 3. The minimum absolute atomic E-state index is 0.0626. The van der Waals surface area contributed by atoms with Crippen LogP contribution < -0.4 is 10.2 Å². The highest BCUT2D eigenvalue weighted by Crippen LogP contribution is 2.30. The van der Waals surface area contributed by atoms with Crippen molar-refractivity contribution in [2.24, 2.45) is 5.92 Å². The zero-order valence-corrected chi connectivity index (χ0v) is 18.5. The zero-order chi connectivity index (χ0) is 22.8. The number of phenols is 1. The molecule has 0 saturated carbocycles. The molecule has 0 spiro atoms. The van der Waals surface area contributed by atoms with E-state index in [1.54, 1.807) is 28.4 Å². The van der Waals surface area contributed by atoms with Crippen molar-refractivity contribution in [3.63, 3.8) is 0 Å². The lowest BCUT2D eigenvalue weighted by Gasteiger charge is -2.20. The Hall–Kier alpha value is -3.46. The summed E-state index contributed by atoms with van der Waals surface area (Å²) in [5.74, 6) is -1.56. The molecule has 2 N–H and O–H groups in total. The number of nitrogens with one attached hydrogen (secondary N) is 1. The lowest BCUT2D eigenvalue weighted by atomic mass is 10.0. The molecule has 1 aliphatic heterocycles. The van der Waals surface area contributed by atoms with Gasteiger partial charge in [-0.15, -0.1) is 11.3 Å². The van der Waals surface area contributed by atoms with E-state index in [-0.39, 0.29) is 37.0 Å². The Kier molecular flexibility index (Phi) is 6.09. The van der Waals surface area contributed by atoms with Gasteiger partial charge < -0.3 is 20.1 Å². The van der Waals surface area contributed by atoms with Crippen LogP contribution in [0.3, 0.4) is 0 Å². The standard InChI is InChI=1S/C23H23N3O5S/c1-13-24-18-11-16(5-8-20(18)32-13)26-12-15(10-21(26)28)22(29)25-19(23(30)31-2)9-14-3-6-17(27)7-4-14/h3-8,11,15,19,27H,9-10,12H2,1-2H3,(H,25,29). The van der Waals surface area contributed by atoms with Gasteiger partial charge in [0.25, 0.3) is 0 Å². The van der Waals surface area contributed by atoms with Gasteiger partial charge in [0.2, 0.25) is 11.8 Å². The molecule has 2 amide bonds. The van der Waals surface area contributed by atoms with E-state index in [2.05, 4.69) is 10.3 Å². The second-order valence-corrected chi connectivity index (χ2v) is 8.98. The summed E-state index contributed by atoms with van der Waals surface area (Å²) in [6.07, 6.45) is 0.274. The lowest BCUT2D eigenvalue weighted by Crippen LogP contribution is -2.46. The molecule has 2 heterocycles. The first-order valence-corrected chi connectivity index (χ1v) is 11.0. The Labute approximate surface area is 188 Å². The summed E-state index contributed by atoms with van der Waals surface area (Å²) >= 11 is 1.59. The Morgan fingerprint density at radius 2 is 2.03 bits per heavy atom. The third kappa shape index (κ3) is 4.57. The van der Waals surface area contributed by atoms with Gasteiger partial charge in [0.15, 0.2) is 0 Å². The normalized spacial score (nSPS) is 16.9. The molecule has 1 aromatic heterocycles. The molecule has 0 bridgehead atoms. The van der Waals surface area contributed by atoms with Crippen LogP contribution in [0.15, 0.2) is 42.5 Å². The van der Waals surface area contributed by atoms with Gasteiger partial charge in [0.1, 0.15) is 11.8 Å². The van der Waals surface area contributed by atoms with Crippen LogP contribution >= 0.6 is 11.3 Å². The molecular weight excluding hydrogens is 430 g/mol. The van der Waals surface area contributed by atoms with Crippen molar-refractivity contribution in [1.82, 2.24) is 10.3 Å². The molecule has 8 nitrogen and oxygen atoms in total. The number of rotatable bonds is 6. The number of aryl methyl sites for hydroxylation is 1. The minimum Gasteiger partial charge on any atom is -0.508 e. The quantitative estimate of drug-likeness (QED) is 0.556. The highest BCUT2D eigenvalue weighted by molar-refractivity contribution is 7.18. The number of esters is 1. The zero-order valence-electron chi connectivity index (χ0n) is 17.7. The minimum atomic E-state index is -0.893. The number of fused-ring (bicyclic) bond motifs is 1. The largest absolute Gasteiger partial charge is 0.508 e. The van der Waals surface area contributed by atoms with Crippen LogP contribution in [-0.2, 0) is 25.5 Å². The van der Waals surface area contributed by atoms with E-state index in [1.165, 1.54) is 19.2 Å². The number of hydrogen-bond acceptors (Lipinski definition) is 7. The third-order valence-electron chi connectivity index (χ3n) is 5.46. The van der Waals surface area contributed by atoms with Crippen LogP contribution in [0, 0.1) is 12.8 Å². The molecule has 3 aromatic rings. The topological polar surface area (TPSA) is 109 Å². The Balaban J connectivity index is 1.46. The number of aromatic hydroxyl groups is 1. The Morgan fingerprint density at radius 3 is 2.75 bits per heavy atom. The molecule has 2 aromatic carbocycles. The molecule has 2 atom stereocenters. The van der Waals surface area contributed by atoms with Crippen molar-refractivity contribution in [2.45, 2.75) is 25.8 Å². The number of amides is 2. The van der Waals surface area contributed by atoms with E-state index in [4.69, 9.17) is 4.74 Å².